The van der Waals surface area contributed by atoms with Crippen molar-refractivity contribution in [2.75, 3.05) is 11.9 Å². The third-order valence-corrected chi connectivity index (χ3v) is 3.39. The molecule has 0 fully saturated rings. The van der Waals surface area contributed by atoms with E-state index in [-0.39, 0.29) is 24.2 Å². The van der Waals surface area contributed by atoms with Crippen LogP contribution < -0.4 is 5.32 Å². The molecule has 1 atom stereocenters. The van der Waals surface area contributed by atoms with Gasteiger partial charge in [0.15, 0.2) is 5.13 Å². The zero-order chi connectivity index (χ0) is 14.3. The molecule has 1 aromatic rings. The summed E-state index contributed by atoms with van der Waals surface area (Å²) in [5, 5.41) is 5.06. The predicted molar refractivity (Wildman–Crippen MR) is 75.2 cm³/mol. The fourth-order valence-electron chi connectivity index (χ4n) is 1.60. The summed E-state index contributed by atoms with van der Waals surface area (Å²) in [7, 11) is 0. The summed E-state index contributed by atoms with van der Waals surface area (Å²) < 4.78 is 4.84. The fraction of sp³-hybridized carbons (Fsp3) is 0.615. The summed E-state index contributed by atoms with van der Waals surface area (Å²) in [6.07, 6.45) is 1.97. The number of esters is 1. The van der Waals surface area contributed by atoms with Gasteiger partial charge in [-0.2, -0.15) is 0 Å². The summed E-state index contributed by atoms with van der Waals surface area (Å²) in [6.45, 7) is 6.07. The van der Waals surface area contributed by atoms with Gasteiger partial charge in [-0.3, -0.25) is 9.59 Å². The van der Waals surface area contributed by atoms with Crippen LogP contribution in [-0.2, 0) is 20.7 Å². The maximum absolute atomic E-state index is 11.8. The predicted octanol–water partition coefficient (Wildman–Crippen LogP) is 2.62. The molecule has 0 saturated heterocycles. The topological polar surface area (TPSA) is 68.3 Å². The number of anilines is 1. The number of carbonyl (C=O) groups excluding carboxylic acids is 2. The lowest BCUT2D eigenvalue weighted by Gasteiger charge is -2.08. The van der Waals surface area contributed by atoms with Gasteiger partial charge in [0.2, 0.25) is 5.91 Å². The molecule has 1 heterocycles. The van der Waals surface area contributed by atoms with E-state index in [9.17, 15) is 9.59 Å². The van der Waals surface area contributed by atoms with Crippen molar-refractivity contribution in [1.29, 1.82) is 0 Å². The van der Waals surface area contributed by atoms with Gasteiger partial charge in [0.05, 0.1) is 18.7 Å². The molecule has 1 rings (SSSR count). The Balaban J connectivity index is 2.50. The summed E-state index contributed by atoms with van der Waals surface area (Å²) in [4.78, 5) is 27.3. The number of ether oxygens (including phenoxy) is 1. The molecule has 0 aliphatic rings. The molecule has 0 aromatic carbocycles. The zero-order valence-electron chi connectivity index (χ0n) is 11.6. The van der Waals surface area contributed by atoms with E-state index in [1.807, 2.05) is 13.8 Å². The van der Waals surface area contributed by atoms with Crippen LogP contribution in [0.5, 0.6) is 0 Å². The Labute approximate surface area is 117 Å². The first kappa shape index (κ1) is 15.6. The van der Waals surface area contributed by atoms with Gasteiger partial charge in [-0.15, -0.1) is 11.3 Å². The van der Waals surface area contributed by atoms with Crippen LogP contribution >= 0.6 is 11.3 Å². The van der Waals surface area contributed by atoms with Crippen LogP contribution in [0.1, 0.15) is 39.3 Å². The van der Waals surface area contributed by atoms with Crippen molar-refractivity contribution >= 4 is 28.3 Å². The van der Waals surface area contributed by atoms with Crippen molar-refractivity contribution in [3.8, 4) is 0 Å². The second kappa shape index (κ2) is 7.89. The summed E-state index contributed by atoms with van der Waals surface area (Å²) in [5.74, 6) is -0.355. The summed E-state index contributed by atoms with van der Waals surface area (Å²) in [5.41, 5.74) is 0.627. The Morgan fingerprint density at radius 1 is 1.47 bits per heavy atom. The molecular weight excluding hydrogens is 264 g/mol. The van der Waals surface area contributed by atoms with Crippen molar-refractivity contribution in [2.45, 2.75) is 40.0 Å². The number of nitrogens with one attached hydrogen (secondary N) is 1. The standard InChI is InChI=1S/C13H20N2O3S/c1-4-6-9(3)12(17)15-13-14-10(8-19-13)7-11(16)18-5-2/h8-9H,4-7H2,1-3H3,(H,14,15,17)/t9-/m1/s1. The number of rotatable bonds is 7. The first-order valence-electron chi connectivity index (χ1n) is 6.47. The maximum atomic E-state index is 11.8. The maximum Gasteiger partial charge on any atom is 0.311 e. The molecule has 0 unspecified atom stereocenters. The number of thiazole rings is 1. The molecular formula is C13H20N2O3S. The van der Waals surface area contributed by atoms with Gasteiger partial charge in [-0.05, 0) is 13.3 Å². The number of hydrogen-bond donors (Lipinski definition) is 1. The molecule has 19 heavy (non-hydrogen) atoms. The van der Waals surface area contributed by atoms with Crippen molar-refractivity contribution in [3.63, 3.8) is 0 Å². The monoisotopic (exact) mass is 284 g/mol. The lowest BCUT2D eigenvalue weighted by Crippen LogP contribution is -2.20. The minimum Gasteiger partial charge on any atom is -0.466 e. The first-order chi connectivity index (χ1) is 9.06. The van der Waals surface area contributed by atoms with Crippen molar-refractivity contribution < 1.29 is 14.3 Å². The van der Waals surface area contributed by atoms with E-state index in [1.165, 1.54) is 11.3 Å². The van der Waals surface area contributed by atoms with Crippen LogP contribution in [-0.4, -0.2) is 23.5 Å². The van der Waals surface area contributed by atoms with E-state index in [1.54, 1.807) is 12.3 Å². The van der Waals surface area contributed by atoms with Gasteiger partial charge in [0.25, 0.3) is 0 Å². The number of carbonyl (C=O) groups is 2. The highest BCUT2D eigenvalue weighted by atomic mass is 32.1. The second-order valence-electron chi connectivity index (χ2n) is 4.30. The van der Waals surface area contributed by atoms with E-state index in [4.69, 9.17) is 4.74 Å². The molecule has 0 spiro atoms. The smallest absolute Gasteiger partial charge is 0.311 e. The molecule has 106 valence electrons. The van der Waals surface area contributed by atoms with Crippen molar-refractivity contribution in [1.82, 2.24) is 4.98 Å². The zero-order valence-corrected chi connectivity index (χ0v) is 12.4. The molecule has 1 amide bonds. The summed E-state index contributed by atoms with van der Waals surface area (Å²) in [6, 6.07) is 0. The van der Waals surface area contributed by atoms with Gasteiger partial charge in [0.1, 0.15) is 0 Å². The van der Waals surface area contributed by atoms with Crippen LogP contribution in [0, 0.1) is 5.92 Å². The summed E-state index contributed by atoms with van der Waals surface area (Å²) >= 11 is 1.32. The highest BCUT2D eigenvalue weighted by Gasteiger charge is 2.14. The van der Waals surface area contributed by atoms with Crippen molar-refractivity contribution in [3.05, 3.63) is 11.1 Å². The lowest BCUT2D eigenvalue weighted by molar-refractivity contribution is -0.142. The normalized spacial score (nSPS) is 11.9. The third-order valence-electron chi connectivity index (χ3n) is 2.58. The van der Waals surface area contributed by atoms with E-state index >= 15 is 0 Å². The molecule has 0 aliphatic carbocycles. The van der Waals surface area contributed by atoms with Crippen LogP contribution in [0.15, 0.2) is 5.38 Å². The molecule has 5 nitrogen and oxygen atoms in total. The Hall–Kier alpha value is -1.43. The number of amides is 1. The van der Waals surface area contributed by atoms with Crippen LogP contribution in [0.2, 0.25) is 0 Å². The Kier molecular flexibility index (Phi) is 6.49. The molecule has 1 N–H and O–H groups in total. The minimum absolute atomic E-state index is 0.0255. The van der Waals surface area contributed by atoms with Gasteiger partial charge in [-0.1, -0.05) is 20.3 Å². The van der Waals surface area contributed by atoms with Gasteiger partial charge in [0, 0.05) is 11.3 Å². The van der Waals surface area contributed by atoms with Crippen molar-refractivity contribution in [2.24, 2.45) is 5.92 Å². The molecule has 0 saturated carbocycles. The average molecular weight is 284 g/mol. The molecule has 0 aliphatic heterocycles. The third kappa shape index (κ3) is 5.38. The van der Waals surface area contributed by atoms with Crippen LogP contribution in [0.25, 0.3) is 0 Å². The van der Waals surface area contributed by atoms with E-state index in [0.29, 0.717) is 17.4 Å². The highest BCUT2D eigenvalue weighted by molar-refractivity contribution is 7.13. The first-order valence-corrected chi connectivity index (χ1v) is 7.35. The number of hydrogen-bond acceptors (Lipinski definition) is 5. The SMILES string of the molecule is CCC[C@@H](C)C(=O)Nc1nc(CC(=O)OCC)cs1. The van der Waals surface area contributed by atoms with E-state index in [0.717, 1.165) is 12.8 Å². The number of nitrogens with zero attached hydrogens (tertiary/aromatic N) is 1. The lowest BCUT2D eigenvalue weighted by atomic mass is 10.1. The Morgan fingerprint density at radius 2 is 2.21 bits per heavy atom. The Bertz CT molecular complexity index is 431. The number of aromatic nitrogens is 1. The minimum atomic E-state index is -0.301. The van der Waals surface area contributed by atoms with Gasteiger partial charge < -0.3 is 10.1 Å². The Morgan fingerprint density at radius 3 is 2.84 bits per heavy atom. The van der Waals surface area contributed by atoms with Gasteiger partial charge >= 0.3 is 5.97 Å². The fourth-order valence-corrected chi connectivity index (χ4v) is 2.31. The van der Waals surface area contributed by atoms with Crippen LogP contribution in [0.3, 0.4) is 0 Å². The van der Waals surface area contributed by atoms with E-state index in [2.05, 4.69) is 10.3 Å². The van der Waals surface area contributed by atoms with E-state index < -0.39 is 0 Å². The van der Waals surface area contributed by atoms with Gasteiger partial charge in [-0.25, -0.2) is 4.98 Å². The molecule has 0 bridgehead atoms. The molecule has 1 aromatic heterocycles. The average Bonchev–Trinajstić information content (AvgIpc) is 2.77. The largest absolute Gasteiger partial charge is 0.466 e. The quantitative estimate of drug-likeness (QED) is 0.781. The molecule has 0 radical (unpaired) electrons. The highest BCUT2D eigenvalue weighted by Crippen LogP contribution is 2.18. The van der Waals surface area contributed by atoms with Crippen LogP contribution in [0.4, 0.5) is 5.13 Å². The molecule has 6 heteroatoms. The second-order valence-corrected chi connectivity index (χ2v) is 5.16.